The standard InChI is InChI=1S/C23H21BrN2O2S/c1-16-6-5-9-19(14-16)25-23(29)26-22(27)20-15-18(24)10-11-21(20)28-13-12-17-7-3-2-4-8-17/h2-11,14-15H,12-13H2,1H3,(H2,25,26,27,29). The molecule has 0 heterocycles. The normalized spacial score (nSPS) is 10.3. The van der Waals surface area contributed by atoms with Crippen molar-refractivity contribution in [1.82, 2.24) is 5.32 Å². The first kappa shape index (κ1) is 21.0. The van der Waals surface area contributed by atoms with Gasteiger partial charge in [-0.2, -0.15) is 0 Å². The molecule has 3 aromatic carbocycles. The van der Waals surface area contributed by atoms with Crippen LogP contribution in [0.1, 0.15) is 21.5 Å². The molecule has 0 bridgehead atoms. The Morgan fingerprint density at radius 1 is 1.03 bits per heavy atom. The van der Waals surface area contributed by atoms with E-state index in [-0.39, 0.29) is 11.0 Å². The molecule has 0 saturated heterocycles. The van der Waals surface area contributed by atoms with E-state index < -0.39 is 0 Å². The maximum Gasteiger partial charge on any atom is 0.261 e. The van der Waals surface area contributed by atoms with Gasteiger partial charge in [-0.05, 0) is 60.6 Å². The number of hydrogen-bond donors (Lipinski definition) is 2. The van der Waals surface area contributed by atoms with Gasteiger partial charge in [0.1, 0.15) is 5.75 Å². The molecule has 0 atom stereocenters. The van der Waals surface area contributed by atoms with Crippen LogP contribution in [0.2, 0.25) is 0 Å². The van der Waals surface area contributed by atoms with E-state index in [1.165, 1.54) is 5.56 Å². The van der Waals surface area contributed by atoms with Crippen molar-refractivity contribution in [3.8, 4) is 5.75 Å². The molecule has 2 N–H and O–H groups in total. The van der Waals surface area contributed by atoms with Crippen molar-refractivity contribution in [3.05, 3.63) is 94.0 Å². The maximum absolute atomic E-state index is 12.8. The lowest BCUT2D eigenvalue weighted by atomic mass is 10.1. The molecule has 0 unspecified atom stereocenters. The van der Waals surface area contributed by atoms with Gasteiger partial charge in [-0.3, -0.25) is 10.1 Å². The van der Waals surface area contributed by atoms with E-state index in [1.54, 1.807) is 12.1 Å². The van der Waals surface area contributed by atoms with Crippen molar-refractivity contribution < 1.29 is 9.53 Å². The number of halogens is 1. The van der Waals surface area contributed by atoms with Crippen LogP contribution in [0.3, 0.4) is 0 Å². The first-order valence-electron chi connectivity index (χ1n) is 9.16. The molecular formula is C23H21BrN2O2S. The highest BCUT2D eigenvalue weighted by Crippen LogP contribution is 2.23. The number of carbonyl (C=O) groups is 1. The van der Waals surface area contributed by atoms with Crippen LogP contribution in [0.4, 0.5) is 5.69 Å². The second-order valence-corrected chi connectivity index (χ2v) is 7.83. The molecule has 0 spiro atoms. The molecule has 0 aliphatic rings. The van der Waals surface area contributed by atoms with Crippen molar-refractivity contribution in [2.75, 3.05) is 11.9 Å². The van der Waals surface area contributed by atoms with Crippen LogP contribution >= 0.6 is 28.1 Å². The molecule has 0 aliphatic carbocycles. The number of carbonyl (C=O) groups excluding carboxylic acids is 1. The molecular weight excluding hydrogens is 448 g/mol. The van der Waals surface area contributed by atoms with Gasteiger partial charge < -0.3 is 10.1 Å². The summed E-state index contributed by atoms with van der Waals surface area (Å²) >= 11 is 8.70. The number of thiocarbonyl (C=S) groups is 1. The molecule has 3 rings (SSSR count). The third kappa shape index (κ3) is 6.41. The topological polar surface area (TPSA) is 50.4 Å². The van der Waals surface area contributed by atoms with Crippen LogP contribution < -0.4 is 15.4 Å². The number of ether oxygens (including phenoxy) is 1. The van der Waals surface area contributed by atoms with Crippen molar-refractivity contribution in [2.45, 2.75) is 13.3 Å². The van der Waals surface area contributed by atoms with Gasteiger partial charge >= 0.3 is 0 Å². The Balaban J connectivity index is 1.64. The highest BCUT2D eigenvalue weighted by Gasteiger charge is 2.15. The Labute approximate surface area is 184 Å². The number of hydrogen-bond acceptors (Lipinski definition) is 3. The minimum Gasteiger partial charge on any atom is -0.492 e. The minimum absolute atomic E-state index is 0.232. The summed E-state index contributed by atoms with van der Waals surface area (Å²) in [7, 11) is 0. The zero-order chi connectivity index (χ0) is 20.6. The fourth-order valence-electron chi connectivity index (χ4n) is 2.78. The number of anilines is 1. The summed E-state index contributed by atoms with van der Waals surface area (Å²) in [5.74, 6) is 0.186. The van der Waals surface area contributed by atoms with Gasteiger partial charge in [0.25, 0.3) is 5.91 Å². The second-order valence-electron chi connectivity index (χ2n) is 6.50. The van der Waals surface area contributed by atoms with Crippen molar-refractivity contribution >= 4 is 44.9 Å². The lowest BCUT2D eigenvalue weighted by Gasteiger charge is -2.14. The summed E-state index contributed by atoms with van der Waals surface area (Å²) in [6.45, 7) is 2.46. The molecule has 0 saturated carbocycles. The van der Waals surface area contributed by atoms with E-state index in [1.807, 2.05) is 67.6 Å². The zero-order valence-electron chi connectivity index (χ0n) is 15.9. The fraction of sp³-hybridized carbons (Fsp3) is 0.130. The molecule has 0 radical (unpaired) electrons. The van der Waals surface area contributed by atoms with Crippen molar-refractivity contribution in [1.29, 1.82) is 0 Å². The Morgan fingerprint density at radius 2 is 1.83 bits per heavy atom. The Hall–Kier alpha value is -2.70. The fourth-order valence-corrected chi connectivity index (χ4v) is 3.36. The minimum atomic E-state index is -0.328. The summed E-state index contributed by atoms with van der Waals surface area (Å²) < 4.78 is 6.68. The SMILES string of the molecule is Cc1cccc(NC(=S)NC(=O)c2cc(Br)ccc2OCCc2ccccc2)c1. The average Bonchev–Trinajstić information content (AvgIpc) is 2.69. The van der Waals surface area contributed by atoms with Crippen LogP contribution in [-0.2, 0) is 6.42 Å². The van der Waals surface area contributed by atoms with Crippen LogP contribution in [0.5, 0.6) is 5.75 Å². The predicted molar refractivity (Wildman–Crippen MR) is 125 cm³/mol. The maximum atomic E-state index is 12.8. The lowest BCUT2D eigenvalue weighted by Crippen LogP contribution is -2.34. The largest absolute Gasteiger partial charge is 0.492 e. The average molecular weight is 469 g/mol. The Morgan fingerprint density at radius 3 is 2.59 bits per heavy atom. The van der Waals surface area contributed by atoms with E-state index >= 15 is 0 Å². The van der Waals surface area contributed by atoms with Crippen molar-refractivity contribution in [3.63, 3.8) is 0 Å². The predicted octanol–water partition coefficient (Wildman–Crippen LogP) is 5.51. The van der Waals surface area contributed by atoms with Gasteiger partial charge in [0.15, 0.2) is 5.11 Å². The van der Waals surface area contributed by atoms with Crippen LogP contribution in [0, 0.1) is 6.92 Å². The highest BCUT2D eigenvalue weighted by molar-refractivity contribution is 9.10. The summed E-state index contributed by atoms with van der Waals surface area (Å²) in [5, 5.41) is 5.98. The summed E-state index contributed by atoms with van der Waals surface area (Å²) in [4.78, 5) is 12.8. The van der Waals surface area contributed by atoms with Gasteiger partial charge in [0.2, 0.25) is 0 Å². The van der Waals surface area contributed by atoms with E-state index in [0.29, 0.717) is 17.9 Å². The molecule has 1 amide bonds. The molecule has 0 aromatic heterocycles. The number of rotatable bonds is 6. The molecule has 6 heteroatoms. The highest BCUT2D eigenvalue weighted by atomic mass is 79.9. The number of amides is 1. The monoisotopic (exact) mass is 468 g/mol. The Bertz CT molecular complexity index is 1010. The molecule has 3 aromatic rings. The smallest absolute Gasteiger partial charge is 0.261 e. The molecule has 0 fully saturated rings. The molecule has 148 valence electrons. The molecule has 0 aliphatic heterocycles. The van der Waals surface area contributed by atoms with E-state index in [4.69, 9.17) is 17.0 Å². The Kier molecular flexibility index (Phi) is 7.38. The third-order valence-corrected chi connectivity index (χ3v) is 4.88. The third-order valence-electron chi connectivity index (χ3n) is 4.18. The molecule has 29 heavy (non-hydrogen) atoms. The summed E-state index contributed by atoms with van der Waals surface area (Å²) in [6.07, 6.45) is 0.755. The van der Waals surface area contributed by atoms with Crippen LogP contribution in [-0.4, -0.2) is 17.6 Å². The van der Waals surface area contributed by atoms with Crippen LogP contribution in [0.15, 0.2) is 77.3 Å². The zero-order valence-corrected chi connectivity index (χ0v) is 18.3. The van der Waals surface area contributed by atoms with E-state index in [2.05, 4.69) is 26.6 Å². The summed E-state index contributed by atoms with van der Waals surface area (Å²) in [6, 6.07) is 23.2. The van der Waals surface area contributed by atoms with E-state index in [9.17, 15) is 4.79 Å². The van der Waals surface area contributed by atoms with Gasteiger partial charge in [0, 0.05) is 16.6 Å². The second kappa shape index (κ2) is 10.2. The van der Waals surface area contributed by atoms with Gasteiger partial charge in [-0.15, -0.1) is 0 Å². The van der Waals surface area contributed by atoms with Crippen molar-refractivity contribution in [2.24, 2.45) is 0 Å². The molecule has 4 nitrogen and oxygen atoms in total. The quantitative estimate of drug-likeness (QED) is 0.468. The number of benzene rings is 3. The summed E-state index contributed by atoms with van der Waals surface area (Å²) in [5.41, 5.74) is 3.52. The first-order valence-corrected chi connectivity index (χ1v) is 10.4. The van der Waals surface area contributed by atoms with Crippen LogP contribution in [0.25, 0.3) is 0 Å². The first-order chi connectivity index (χ1) is 14.0. The number of aryl methyl sites for hydroxylation is 1. The van der Waals surface area contributed by atoms with Gasteiger partial charge in [-0.25, -0.2) is 0 Å². The van der Waals surface area contributed by atoms with Gasteiger partial charge in [0.05, 0.1) is 12.2 Å². The van der Waals surface area contributed by atoms with E-state index in [0.717, 1.165) is 22.1 Å². The number of nitrogens with one attached hydrogen (secondary N) is 2. The van der Waals surface area contributed by atoms with Gasteiger partial charge in [-0.1, -0.05) is 58.4 Å². The lowest BCUT2D eigenvalue weighted by molar-refractivity contribution is 0.0973.